The number of nitrogens with zero attached hydrogens (tertiary/aromatic N) is 1. The van der Waals surface area contributed by atoms with Gasteiger partial charge in [-0.25, -0.2) is 4.98 Å². The van der Waals surface area contributed by atoms with Crippen molar-refractivity contribution in [2.24, 2.45) is 0 Å². The zero-order valence-corrected chi connectivity index (χ0v) is 15.1. The smallest absolute Gasteiger partial charge is 0.226 e. The van der Waals surface area contributed by atoms with E-state index in [-0.39, 0.29) is 18.7 Å². The first-order valence-electron chi connectivity index (χ1n) is 8.07. The van der Waals surface area contributed by atoms with Crippen LogP contribution < -0.4 is 15.2 Å². The van der Waals surface area contributed by atoms with Crippen LogP contribution in [-0.4, -0.2) is 30.0 Å². The van der Waals surface area contributed by atoms with Crippen LogP contribution in [0.25, 0.3) is 0 Å². The highest BCUT2D eigenvalue weighted by atomic mass is 32.1. The fraction of sp³-hybridized carbons (Fsp3) is 0.389. The third-order valence-corrected chi connectivity index (χ3v) is 4.36. The molecular weight excluding hydrogens is 340 g/mol. The van der Waals surface area contributed by atoms with Crippen LogP contribution in [-0.2, 0) is 22.4 Å². The topological polar surface area (TPSA) is 91.3 Å². The minimum Gasteiger partial charge on any atom is -0.550 e. The van der Waals surface area contributed by atoms with Crippen molar-refractivity contribution >= 4 is 23.2 Å². The molecule has 1 heterocycles. The van der Waals surface area contributed by atoms with E-state index >= 15 is 0 Å². The summed E-state index contributed by atoms with van der Waals surface area (Å²) in [4.78, 5) is 26.5. The molecule has 0 aliphatic rings. The van der Waals surface area contributed by atoms with Gasteiger partial charge in [-0.3, -0.25) is 4.79 Å². The Morgan fingerprint density at radius 2 is 2.04 bits per heavy atom. The van der Waals surface area contributed by atoms with E-state index in [2.05, 4.69) is 24.1 Å². The maximum Gasteiger partial charge on any atom is 0.226 e. The molecule has 0 saturated heterocycles. The van der Waals surface area contributed by atoms with Gasteiger partial charge >= 0.3 is 0 Å². The Kier molecular flexibility index (Phi) is 6.94. The second-order valence-electron chi connectivity index (χ2n) is 5.85. The van der Waals surface area contributed by atoms with Crippen molar-refractivity contribution in [3.63, 3.8) is 0 Å². The van der Waals surface area contributed by atoms with Crippen LogP contribution in [0.15, 0.2) is 29.6 Å². The molecule has 0 radical (unpaired) electrons. The van der Waals surface area contributed by atoms with Gasteiger partial charge in [0.15, 0.2) is 0 Å². The molecule has 1 aromatic carbocycles. The van der Waals surface area contributed by atoms with Gasteiger partial charge in [0.2, 0.25) is 5.91 Å². The number of hydrogen-bond acceptors (Lipinski definition) is 6. The number of benzene rings is 1. The Labute approximate surface area is 150 Å². The lowest BCUT2D eigenvalue weighted by Gasteiger charge is -2.14. The van der Waals surface area contributed by atoms with Gasteiger partial charge in [0.05, 0.1) is 18.7 Å². The van der Waals surface area contributed by atoms with Crippen LogP contribution in [0.1, 0.15) is 36.0 Å². The van der Waals surface area contributed by atoms with Gasteiger partial charge in [-0.05, 0) is 17.5 Å². The minimum absolute atomic E-state index is 0.125. The van der Waals surface area contributed by atoms with E-state index in [1.165, 1.54) is 11.3 Å². The van der Waals surface area contributed by atoms with E-state index in [0.29, 0.717) is 29.8 Å². The first-order chi connectivity index (χ1) is 12.0. The van der Waals surface area contributed by atoms with Gasteiger partial charge in [0, 0.05) is 17.8 Å². The molecule has 7 heteroatoms. The Hall–Kier alpha value is -2.41. The number of hydrogen-bond donors (Lipinski definition) is 1. The molecule has 0 bridgehead atoms. The molecule has 0 saturated carbocycles. The minimum atomic E-state index is -1.18. The van der Waals surface area contributed by atoms with Gasteiger partial charge in [0.1, 0.15) is 17.4 Å². The summed E-state index contributed by atoms with van der Waals surface area (Å²) in [6, 6.07) is 7.86. The predicted octanol–water partition coefficient (Wildman–Crippen LogP) is 1.30. The van der Waals surface area contributed by atoms with E-state index in [1.807, 2.05) is 24.3 Å². The Balaban J connectivity index is 1.74. The molecule has 0 fully saturated rings. The summed E-state index contributed by atoms with van der Waals surface area (Å²) in [6.45, 7) is 4.98. The van der Waals surface area contributed by atoms with Crippen LogP contribution in [0.3, 0.4) is 0 Å². The number of thiazole rings is 1. The molecule has 2 rings (SSSR count). The molecule has 1 aromatic heterocycles. The molecule has 0 aliphatic heterocycles. The maximum absolute atomic E-state index is 11.9. The molecule has 0 spiro atoms. The van der Waals surface area contributed by atoms with E-state index in [0.717, 1.165) is 11.3 Å². The molecule has 1 N–H and O–H groups in total. The summed E-state index contributed by atoms with van der Waals surface area (Å²) in [5.74, 6) is -0.153. The molecule has 6 nitrogen and oxygen atoms in total. The number of ether oxygens (including phenoxy) is 1. The lowest BCUT2D eigenvalue weighted by Crippen LogP contribution is -2.29. The van der Waals surface area contributed by atoms with Gasteiger partial charge in [-0.2, -0.15) is 0 Å². The van der Waals surface area contributed by atoms with Gasteiger partial charge < -0.3 is 20.0 Å². The largest absolute Gasteiger partial charge is 0.550 e. The van der Waals surface area contributed by atoms with Crippen molar-refractivity contribution in [2.45, 2.75) is 32.6 Å². The van der Waals surface area contributed by atoms with Crippen molar-refractivity contribution in [1.29, 1.82) is 0 Å². The Bertz CT molecular complexity index is 727. The van der Waals surface area contributed by atoms with Gasteiger partial charge in [-0.15, -0.1) is 11.3 Å². The van der Waals surface area contributed by atoms with Crippen molar-refractivity contribution in [3.8, 4) is 5.75 Å². The molecule has 1 amide bonds. The number of aromatic nitrogens is 1. The van der Waals surface area contributed by atoms with Crippen LogP contribution in [0, 0.1) is 0 Å². The second kappa shape index (κ2) is 9.17. The number of carbonyl (C=O) groups excluding carboxylic acids is 2. The average Bonchev–Trinajstić information content (AvgIpc) is 2.97. The van der Waals surface area contributed by atoms with Crippen LogP contribution >= 0.6 is 11.3 Å². The lowest BCUT2D eigenvalue weighted by atomic mass is 10.0. The van der Waals surface area contributed by atoms with Crippen molar-refractivity contribution in [2.75, 3.05) is 13.2 Å². The highest BCUT2D eigenvalue weighted by molar-refractivity contribution is 7.09. The molecule has 0 atom stereocenters. The first kappa shape index (κ1) is 18.9. The molecule has 134 valence electrons. The maximum atomic E-state index is 11.9. The predicted molar refractivity (Wildman–Crippen MR) is 93.6 cm³/mol. The van der Waals surface area contributed by atoms with Crippen molar-refractivity contribution in [1.82, 2.24) is 10.3 Å². The van der Waals surface area contributed by atoms with E-state index in [9.17, 15) is 14.7 Å². The SMILES string of the molecule is CC(C)c1ccccc1OCCNC(=O)Cc1nc(CC(=O)[O-])cs1. The number of rotatable bonds is 9. The highest BCUT2D eigenvalue weighted by Gasteiger charge is 2.09. The molecule has 0 aliphatic carbocycles. The number of para-hydroxylation sites is 1. The van der Waals surface area contributed by atoms with E-state index in [4.69, 9.17) is 4.74 Å². The fourth-order valence-electron chi connectivity index (χ4n) is 2.30. The zero-order chi connectivity index (χ0) is 18.2. The number of carboxylic acids is 1. The number of nitrogens with one attached hydrogen (secondary N) is 1. The van der Waals surface area contributed by atoms with Crippen molar-refractivity contribution < 1.29 is 19.4 Å². The van der Waals surface area contributed by atoms with Crippen LogP contribution in [0.5, 0.6) is 5.75 Å². The molecule has 0 unspecified atom stereocenters. The number of carboxylic acid groups (broad SMARTS) is 1. The number of carbonyl (C=O) groups is 2. The summed E-state index contributed by atoms with van der Waals surface area (Å²) in [6.07, 6.45) is -0.110. The average molecular weight is 361 g/mol. The van der Waals surface area contributed by atoms with Gasteiger partial charge in [-0.1, -0.05) is 32.0 Å². The second-order valence-corrected chi connectivity index (χ2v) is 6.79. The third-order valence-electron chi connectivity index (χ3n) is 3.46. The van der Waals surface area contributed by atoms with Crippen LogP contribution in [0.4, 0.5) is 0 Å². The summed E-state index contributed by atoms with van der Waals surface area (Å²) < 4.78 is 5.75. The van der Waals surface area contributed by atoms with Gasteiger partial charge in [0.25, 0.3) is 0 Å². The quantitative estimate of drug-likeness (QED) is 0.680. The monoisotopic (exact) mass is 361 g/mol. The Morgan fingerprint density at radius 1 is 1.28 bits per heavy atom. The third kappa shape index (κ3) is 6.19. The van der Waals surface area contributed by atoms with E-state index in [1.54, 1.807) is 5.38 Å². The summed E-state index contributed by atoms with van der Waals surface area (Å²) in [5.41, 5.74) is 1.55. The lowest BCUT2D eigenvalue weighted by molar-refractivity contribution is -0.304. The molecule has 25 heavy (non-hydrogen) atoms. The normalized spacial score (nSPS) is 10.7. The molecule has 2 aromatic rings. The first-order valence-corrected chi connectivity index (χ1v) is 8.95. The summed E-state index contributed by atoms with van der Waals surface area (Å²) in [5, 5.41) is 15.5. The Morgan fingerprint density at radius 3 is 2.76 bits per heavy atom. The standard InChI is InChI=1S/C18H22N2O4S/c1-12(2)14-5-3-4-6-15(14)24-8-7-19-16(21)10-17-20-13(11-25-17)9-18(22)23/h3-6,11-12H,7-10H2,1-2H3,(H,19,21)(H,22,23)/p-1. The summed E-state index contributed by atoms with van der Waals surface area (Å²) >= 11 is 1.27. The van der Waals surface area contributed by atoms with Crippen molar-refractivity contribution in [3.05, 3.63) is 45.9 Å². The number of aliphatic carboxylic acids is 1. The van der Waals surface area contributed by atoms with Crippen LogP contribution in [0.2, 0.25) is 0 Å². The summed E-state index contributed by atoms with van der Waals surface area (Å²) in [7, 11) is 0. The fourth-order valence-corrected chi connectivity index (χ4v) is 3.09. The highest BCUT2D eigenvalue weighted by Crippen LogP contribution is 2.25. The van der Waals surface area contributed by atoms with E-state index < -0.39 is 5.97 Å². The molecular formula is C18H21N2O4S-. The number of amides is 1. The zero-order valence-electron chi connectivity index (χ0n) is 14.3.